The van der Waals surface area contributed by atoms with Crippen molar-refractivity contribution in [3.05, 3.63) is 18.2 Å². The Kier molecular flexibility index (Phi) is 9.79. The summed E-state index contributed by atoms with van der Waals surface area (Å²) in [5.41, 5.74) is -1.10. The van der Waals surface area contributed by atoms with Gasteiger partial charge in [0.25, 0.3) is 5.91 Å². The summed E-state index contributed by atoms with van der Waals surface area (Å²) in [6.45, 7) is 1.51. The number of carbonyl (C=O) groups is 2. The van der Waals surface area contributed by atoms with Crippen LogP contribution in [0.25, 0.3) is 0 Å². The molecule has 11 nitrogen and oxygen atoms in total. The number of amides is 1. The van der Waals surface area contributed by atoms with Crippen molar-refractivity contribution in [2.75, 3.05) is 11.6 Å². The van der Waals surface area contributed by atoms with Gasteiger partial charge in [-0.3, -0.25) is 4.79 Å². The first-order valence-electron chi connectivity index (χ1n) is 6.58. The summed E-state index contributed by atoms with van der Waals surface area (Å²) in [5.74, 6) is -1.84. The van der Waals surface area contributed by atoms with Crippen molar-refractivity contribution in [3.63, 3.8) is 0 Å². The summed E-state index contributed by atoms with van der Waals surface area (Å²) < 4.78 is 72.0. The Balaban J connectivity index is 0.00000338. The SMILES string of the molecule is CCOC(=O)C1=NN(c2cc(S(=O)(=O)[O-])ccc2S(=O)(=O)[O-])C(=O)C1.[Na+].[Na+]. The summed E-state index contributed by atoms with van der Waals surface area (Å²) in [4.78, 5) is 21.8. The zero-order chi connectivity index (χ0) is 19.0. The molecule has 0 spiro atoms. The van der Waals surface area contributed by atoms with E-state index in [2.05, 4.69) is 9.84 Å². The van der Waals surface area contributed by atoms with Crippen molar-refractivity contribution < 1.29 is 99.4 Å². The minimum atomic E-state index is -5.13. The first-order chi connectivity index (χ1) is 11.4. The summed E-state index contributed by atoms with van der Waals surface area (Å²) in [5, 5.41) is 3.96. The van der Waals surface area contributed by atoms with E-state index in [0.717, 1.165) is 0 Å². The van der Waals surface area contributed by atoms with E-state index in [1.54, 1.807) is 0 Å². The number of rotatable bonds is 5. The molecule has 0 radical (unpaired) electrons. The van der Waals surface area contributed by atoms with Gasteiger partial charge in [-0.1, -0.05) is 0 Å². The van der Waals surface area contributed by atoms with Crippen LogP contribution in [0.4, 0.5) is 5.69 Å². The van der Waals surface area contributed by atoms with Gasteiger partial charge in [0.2, 0.25) is 0 Å². The molecule has 2 rings (SSSR count). The summed E-state index contributed by atoms with van der Waals surface area (Å²) in [6.07, 6.45) is -0.550. The Morgan fingerprint density at radius 1 is 1.19 bits per heavy atom. The molecule has 1 aliphatic rings. The molecule has 0 fully saturated rings. The number of hydrogen-bond acceptors (Lipinski definition) is 10. The minimum Gasteiger partial charge on any atom is -0.744 e. The maximum atomic E-state index is 12.0. The van der Waals surface area contributed by atoms with Crippen molar-refractivity contribution in [1.29, 1.82) is 0 Å². The van der Waals surface area contributed by atoms with Crippen molar-refractivity contribution in [1.82, 2.24) is 0 Å². The summed E-state index contributed by atoms with van der Waals surface area (Å²) >= 11 is 0. The van der Waals surface area contributed by atoms with Crippen LogP contribution in [0.3, 0.4) is 0 Å². The van der Waals surface area contributed by atoms with E-state index in [9.17, 15) is 35.5 Å². The monoisotopic (exact) mass is 436 g/mol. The van der Waals surface area contributed by atoms with Gasteiger partial charge in [-0.05, 0) is 25.1 Å². The van der Waals surface area contributed by atoms with Gasteiger partial charge in [0.05, 0.1) is 28.5 Å². The number of anilines is 1. The molecule has 1 heterocycles. The average molecular weight is 436 g/mol. The molecular weight excluding hydrogens is 426 g/mol. The third kappa shape index (κ3) is 6.32. The Morgan fingerprint density at radius 2 is 1.78 bits per heavy atom. The molecule has 1 aromatic carbocycles. The fourth-order valence-corrected chi connectivity index (χ4v) is 3.10. The summed E-state index contributed by atoms with van der Waals surface area (Å²) in [6, 6.07) is 1.73. The normalized spacial score (nSPS) is 14.1. The van der Waals surface area contributed by atoms with E-state index in [1.807, 2.05) is 0 Å². The van der Waals surface area contributed by atoms with Crippen LogP contribution in [0.5, 0.6) is 0 Å². The van der Waals surface area contributed by atoms with Crippen molar-refractivity contribution >= 4 is 43.5 Å². The number of nitrogens with zero attached hydrogens (tertiary/aromatic N) is 2. The molecule has 0 N–H and O–H groups in total. The smallest absolute Gasteiger partial charge is 0.744 e. The summed E-state index contributed by atoms with van der Waals surface area (Å²) in [7, 11) is -10.1. The molecule has 0 unspecified atom stereocenters. The van der Waals surface area contributed by atoms with E-state index in [0.29, 0.717) is 23.2 Å². The maximum Gasteiger partial charge on any atom is 1.00 e. The molecule has 15 heteroatoms. The first kappa shape index (κ1) is 26.6. The molecular formula is C12H10N2Na2O9S2. The second-order valence-corrected chi connectivity index (χ2v) is 7.41. The number of ether oxygens (including phenoxy) is 1. The molecule has 1 aromatic rings. The third-order valence-corrected chi connectivity index (χ3v) is 4.72. The van der Waals surface area contributed by atoms with Crippen LogP contribution < -0.4 is 64.1 Å². The Bertz CT molecular complexity index is 990. The number of carbonyl (C=O) groups excluding carboxylic acids is 2. The van der Waals surface area contributed by atoms with Crippen LogP contribution in [0.15, 0.2) is 33.1 Å². The van der Waals surface area contributed by atoms with Gasteiger partial charge in [0, 0.05) is 0 Å². The second kappa shape index (κ2) is 9.91. The molecule has 0 saturated heterocycles. The number of benzene rings is 1. The molecule has 0 atom stereocenters. The van der Waals surface area contributed by atoms with E-state index >= 15 is 0 Å². The molecule has 0 bridgehead atoms. The zero-order valence-corrected chi connectivity index (χ0v) is 20.2. The largest absolute Gasteiger partial charge is 1.00 e. The molecule has 27 heavy (non-hydrogen) atoms. The van der Waals surface area contributed by atoms with Gasteiger partial charge in [-0.15, -0.1) is 0 Å². The molecule has 1 aliphatic heterocycles. The van der Waals surface area contributed by atoms with E-state index in [1.165, 1.54) is 6.92 Å². The average Bonchev–Trinajstić information content (AvgIpc) is 2.87. The Labute approximate surface area is 199 Å². The van der Waals surface area contributed by atoms with Crippen LogP contribution in [0, 0.1) is 0 Å². The third-order valence-electron chi connectivity index (χ3n) is 3.00. The van der Waals surface area contributed by atoms with Crippen molar-refractivity contribution in [2.24, 2.45) is 5.10 Å². The van der Waals surface area contributed by atoms with Gasteiger partial charge in [0.1, 0.15) is 20.2 Å². The van der Waals surface area contributed by atoms with Gasteiger partial charge in [-0.2, -0.15) is 10.1 Å². The van der Waals surface area contributed by atoms with Gasteiger partial charge in [-0.25, -0.2) is 21.6 Å². The second-order valence-electron chi connectivity index (χ2n) is 4.69. The Morgan fingerprint density at radius 3 is 2.26 bits per heavy atom. The van der Waals surface area contributed by atoms with Crippen molar-refractivity contribution in [2.45, 2.75) is 23.1 Å². The van der Waals surface area contributed by atoms with Crippen LogP contribution in [-0.2, 0) is 34.6 Å². The van der Waals surface area contributed by atoms with Gasteiger partial charge < -0.3 is 13.8 Å². The number of esters is 1. The molecule has 0 aromatic heterocycles. The predicted octanol–water partition coefficient (Wildman–Crippen LogP) is -6.84. The van der Waals surface area contributed by atoms with E-state index < -0.39 is 54.0 Å². The molecule has 0 saturated carbocycles. The van der Waals surface area contributed by atoms with Crippen LogP contribution in [0.2, 0.25) is 0 Å². The maximum absolute atomic E-state index is 12.0. The predicted molar refractivity (Wildman–Crippen MR) is 78.5 cm³/mol. The topological polar surface area (TPSA) is 173 Å². The van der Waals surface area contributed by atoms with Gasteiger partial charge in [0.15, 0.2) is 5.71 Å². The van der Waals surface area contributed by atoms with Crippen LogP contribution in [-0.4, -0.2) is 50.1 Å². The van der Waals surface area contributed by atoms with Crippen LogP contribution >= 0.6 is 0 Å². The number of hydrogen-bond donors (Lipinski definition) is 0. The van der Waals surface area contributed by atoms with E-state index in [4.69, 9.17) is 0 Å². The zero-order valence-electron chi connectivity index (χ0n) is 14.5. The quantitative estimate of drug-likeness (QED) is 0.247. The molecule has 1 amide bonds. The fourth-order valence-electron chi connectivity index (χ4n) is 1.98. The van der Waals surface area contributed by atoms with Crippen molar-refractivity contribution in [3.8, 4) is 0 Å². The van der Waals surface area contributed by atoms with Crippen LogP contribution in [0.1, 0.15) is 13.3 Å². The first-order valence-corrected chi connectivity index (χ1v) is 9.40. The Hall–Kier alpha value is -0.350. The fraction of sp³-hybridized carbons (Fsp3) is 0.250. The molecule has 136 valence electrons. The molecule has 0 aliphatic carbocycles. The number of hydrazone groups is 1. The standard InChI is InChI=1S/C12H12N2O9S2.2Na/c1-2-23-12(16)8-6-11(15)14(13-8)9-5-7(24(17,18)19)3-4-10(9)25(20,21)22;;/h3-5H,2,6H2,1H3,(H,17,18,19)(H,20,21,22);;/q;2*+1/p-2. The van der Waals surface area contributed by atoms with Gasteiger partial charge >= 0.3 is 65.1 Å². The minimum absolute atomic E-state index is 0. The van der Waals surface area contributed by atoms with E-state index in [-0.39, 0.29) is 71.4 Å².